The molecule has 7 heteroatoms. The zero-order valence-corrected chi connectivity index (χ0v) is 10.1. The van der Waals surface area contributed by atoms with Crippen LogP contribution in [0, 0.1) is 17.0 Å². The molecule has 18 heavy (non-hydrogen) atoms. The molecule has 2 aromatic rings. The highest BCUT2D eigenvalue weighted by atomic mass is 16.6. The number of nitrogens with zero attached hydrogens (tertiary/aromatic N) is 4. The van der Waals surface area contributed by atoms with E-state index in [1.807, 2.05) is 6.92 Å². The predicted molar refractivity (Wildman–Crippen MR) is 66.5 cm³/mol. The molecule has 0 amide bonds. The van der Waals surface area contributed by atoms with Gasteiger partial charge in [-0.25, -0.2) is 0 Å². The van der Waals surface area contributed by atoms with Crippen LogP contribution >= 0.6 is 0 Å². The Kier molecular flexibility index (Phi) is 2.97. The molecule has 1 aromatic carbocycles. The summed E-state index contributed by atoms with van der Waals surface area (Å²) >= 11 is 0. The number of anilines is 1. The fourth-order valence-corrected chi connectivity index (χ4v) is 1.75. The number of hydrogen-bond donors (Lipinski definition) is 1. The van der Waals surface area contributed by atoms with Gasteiger partial charge >= 0.3 is 0 Å². The number of nitro groups is 1. The standard InChI is InChI=1S/C11H13N5O2/c1-3-9-13-11(12)15(14-9)10-7(2)5-4-6-8(10)16(17)18/h4-6H,3H2,1-2H3,(H2,12,13,14). The molecule has 2 N–H and O–H groups in total. The lowest BCUT2D eigenvalue weighted by Gasteiger charge is -2.06. The van der Waals surface area contributed by atoms with E-state index in [0.717, 1.165) is 5.56 Å². The highest BCUT2D eigenvalue weighted by molar-refractivity contribution is 5.58. The minimum absolute atomic E-state index is 0.0331. The van der Waals surface area contributed by atoms with E-state index in [1.54, 1.807) is 19.1 Å². The fraction of sp³-hybridized carbons (Fsp3) is 0.273. The van der Waals surface area contributed by atoms with Gasteiger partial charge in [0, 0.05) is 12.5 Å². The van der Waals surface area contributed by atoms with E-state index < -0.39 is 4.92 Å². The second-order valence-electron chi connectivity index (χ2n) is 3.85. The second kappa shape index (κ2) is 4.44. The van der Waals surface area contributed by atoms with Crippen molar-refractivity contribution in [1.29, 1.82) is 0 Å². The summed E-state index contributed by atoms with van der Waals surface area (Å²) in [6, 6.07) is 4.83. The van der Waals surface area contributed by atoms with Crippen LogP contribution in [0.1, 0.15) is 18.3 Å². The van der Waals surface area contributed by atoms with Gasteiger partial charge in [-0.05, 0) is 12.5 Å². The van der Waals surface area contributed by atoms with Crippen molar-refractivity contribution in [1.82, 2.24) is 14.8 Å². The molecule has 0 aliphatic heterocycles. The van der Waals surface area contributed by atoms with E-state index in [4.69, 9.17) is 5.73 Å². The van der Waals surface area contributed by atoms with Crippen LogP contribution in [0.2, 0.25) is 0 Å². The van der Waals surface area contributed by atoms with Gasteiger partial charge in [-0.2, -0.15) is 9.67 Å². The molecule has 0 bridgehead atoms. The molecule has 0 saturated carbocycles. The number of nitrogen functional groups attached to an aromatic ring is 1. The number of para-hydroxylation sites is 1. The quantitative estimate of drug-likeness (QED) is 0.656. The molecule has 0 radical (unpaired) electrons. The Balaban J connectivity index is 2.69. The van der Waals surface area contributed by atoms with Crippen LogP contribution in [0.15, 0.2) is 18.2 Å². The summed E-state index contributed by atoms with van der Waals surface area (Å²) in [5.74, 6) is 0.717. The van der Waals surface area contributed by atoms with Crippen molar-refractivity contribution in [2.24, 2.45) is 0 Å². The highest BCUT2D eigenvalue weighted by Gasteiger charge is 2.20. The number of nitrogens with two attached hydrogens (primary N) is 1. The van der Waals surface area contributed by atoms with Gasteiger partial charge in [-0.1, -0.05) is 19.1 Å². The normalized spacial score (nSPS) is 10.6. The first-order valence-electron chi connectivity index (χ1n) is 5.50. The van der Waals surface area contributed by atoms with Gasteiger partial charge in [0.25, 0.3) is 5.69 Å². The molecule has 0 fully saturated rings. The van der Waals surface area contributed by atoms with E-state index >= 15 is 0 Å². The molecule has 7 nitrogen and oxygen atoms in total. The molecular formula is C11H13N5O2. The molecule has 0 aliphatic carbocycles. The molecule has 94 valence electrons. The van der Waals surface area contributed by atoms with Crippen LogP contribution in [0.5, 0.6) is 0 Å². The average molecular weight is 247 g/mol. The largest absolute Gasteiger partial charge is 0.368 e. The summed E-state index contributed by atoms with van der Waals surface area (Å²) in [5.41, 5.74) is 6.81. The lowest BCUT2D eigenvalue weighted by atomic mass is 10.1. The van der Waals surface area contributed by atoms with Crippen LogP contribution < -0.4 is 5.73 Å². The molecule has 0 saturated heterocycles. The van der Waals surface area contributed by atoms with E-state index in [-0.39, 0.29) is 11.6 Å². The minimum atomic E-state index is -0.449. The van der Waals surface area contributed by atoms with Crippen molar-refractivity contribution in [2.75, 3.05) is 5.73 Å². The van der Waals surface area contributed by atoms with Crippen molar-refractivity contribution in [2.45, 2.75) is 20.3 Å². The number of nitro benzene ring substituents is 1. The summed E-state index contributed by atoms with van der Waals surface area (Å²) in [6.45, 7) is 3.67. The minimum Gasteiger partial charge on any atom is -0.368 e. The Morgan fingerprint density at radius 1 is 1.50 bits per heavy atom. The van der Waals surface area contributed by atoms with Crippen LogP contribution in [-0.2, 0) is 6.42 Å². The molecule has 1 aromatic heterocycles. The van der Waals surface area contributed by atoms with Gasteiger partial charge in [0.05, 0.1) is 4.92 Å². The molecule has 0 unspecified atom stereocenters. The number of aryl methyl sites for hydroxylation is 2. The molecule has 1 heterocycles. The SMILES string of the molecule is CCc1nc(N)n(-c2c(C)cccc2[N+](=O)[O-])n1. The Hall–Kier alpha value is -2.44. The van der Waals surface area contributed by atoms with Gasteiger partial charge in [0.1, 0.15) is 5.69 Å². The number of aromatic nitrogens is 3. The van der Waals surface area contributed by atoms with Gasteiger partial charge in [-0.3, -0.25) is 10.1 Å². The van der Waals surface area contributed by atoms with Crippen LogP contribution in [0.4, 0.5) is 11.6 Å². The monoisotopic (exact) mass is 247 g/mol. The van der Waals surface area contributed by atoms with Crippen LogP contribution in [0.3, 0.4) is 0 Å². The summed E-state index contributed by atoms with van der Waals surface area (Å²) < 4.78 is 1.33. The zero-order chi connectivity index (χ0) is 13.3. The third-order valence-electron chi connectivity index (χ3n) is 2.62. The lowest BCUT2D eigenvalue weighted by molar-refractivity contribution is -0.384. The van der Waals surface area contributed by atoms with Gasteiger partial charge in [0.2, 0.25) is 5.95 Å². The molecular weight excluding hydrogens is 234 g/mol. The lowest BCUT2D eigenvalue weighted by Crippen LogP contribution is -2.07. The number of rotatable bonds is 3. The predicted octanol–water partition coefficient (Wildman–Crippen LogP) is 1.63. The molecule has 0 aliphatic rings. The maximum atomic E-state index is 11.0. The third-order valence-corrected chi connectivity index (χ3v) is 2.62. The first kappa shape index (κ1) is 12.0. The fourth-order valence-electron chi connectivity index (χ4n) is 1.75. The highest BCUT2D eigenvalue weighted by Crippen LogP contribution is 2.27. The number of hydrogen-bond acceptors (Lipinski definition) is 5. The van der Waals surface area contributed by atoms with Gasteiger partial charge < -0.3 is 5.73 Å². The Bertz CT molecular complexity index is 605. The van der Waals surface area contributed by atoms with Crippen molar-refractivity contribution in [3.05, 3.63) is 39.7 Å². The van der Waals surface area contributed by atoms with Gasteiger partial charge in [-0.15, -0.1) is 5.10 Å². The van der Waals surface area contributed by atoms with Crippen molar-refractivity contribution < 1.29 is 4.92 Å². The summed E-state index contributed by atoms with van der Waals surface area (Å²) in [4.78, 5) is 14.6. The van der Waals surface area contributed by atoms with E-state index in [1.165, 1.54) is 10.7 Å². The van der Waals surface area contributed by atoms with E-state index in [2.05, 4.69) is 10.1 Å². The summed E-state index contributed by atoms with van der Waals surface area (Å²) in [7, 11) is 0. The maximum Gasteiger partial charge on any atom is 0.295 e. The Morgan fingerprint density at radius 3 is 2.78 bits per heavy atom. The Morgan fingerprint density at radius 2 is 2.22 bits per heavy atom. The van der Waals surface area contributed by atoms with Gasteiger partial charge in [0.15, 0.2) is 5.82 Å². The summed E-state index contributed by atoms with van der Waals surface area (Å²) in [5, 5.41) is 15.2. The van der Waals surface area contributed by atoms with Crippen LogP contribution in [0.25, 0.3) is 5.69 Å². The summed E-state index contributed by atoms with van der Waals surface area (Å²) in [6.07, 6.45) is 0.622. The first-order valence-corrected chi connectivity index (χ1v) is 5.50. The smallest absolute Gasteiger partial charge is 0.295 e. The number of benzene rings is 1. The second-order valence-corrected chi connectivity index (χ2v) is 3.85. The van der Waals surface area contributed by atoms with Crippen LogP contribution in [-0.4, -0.2) is 19.7 Å². The zero-order valence-electron chi connectivity index (χ0n) is 10.1. The first-order chi connectivity index (χ1) is 8.54. The Labute approximate surface area is 103 Å². The topological polar surface area (TPSA) is 99.9 Å². The maximum absolute atomic E-state index is 11.0. The molecule has 0 atom stereocenters. The van der Waals surface area contributed by atoms with E-state index in [0.29, 0.717) is 17.9 Å². The van der Waals surface area contributed by atoms with E-state index in [9.17, 15) is 10.1 Å². The van der Waals surface area contributed by atoms with Crippen molar-refractivity contribution >= 4 is 11.6 Å². The van der Waals surface area contributed by atoms with Crippen molar-refractivity contribution in [3.8, 4) is 5.69 Å². The average Bonchev–Trinajstić information content (AvgIpc) is 2.70. The molecule has 2 rings (SSSR count). The molecule has 0 spiro atoms. The third kappa shape index (κ3) is 1.90. The van der Waals surface area contributed by atoms with Crippen molar-refractivity contribution in [3.63, 3.8) is 0 Å².